The topological polar surface area (TPSA) is 88.8 Å². The summed E-state index contributed by atoms with van der Waals surface area (Å²) in [5.74, 6) is -0.754. The summed E-state index contributed by atoms with van der Waals surface area (Å²) in [6.45, 7) is 0.493. The Morgan fingerprint density at radius 1 is 1.09 bits per heavy atom. The number of imide groups is 1. The zero-order chi connectivity index (χ0) is 16.7. The first-order valence-electron chi connectivity index (χ1n) is 7.30. The Labute approximate surface area is 133 Å². The second-order valence-corrected chi connectivity index (χ2v) is 5.11. The fourth-order valence-corrected chi connectivity index (χ4v) is 2.36. The van der Waals surface area contributed by atoms with E-state index in [0.717, 1.165) is 5.56 Å². The molecular formula is C17H19FN3O2+. The molecule has 2 aromatic rings. The first kappa shape index (κ1) is 16.6. The highest BCUT2D eigenvalue weighted by atomic mass is 19.1. The third kappa shape index (κ3) is 4.89. The number of carbonyl (C=O) groups excluding carboxylic acids is 2. The summed E-state index contributed by atoms with van der Waals surface area (Å²) in [6, 6.07) is 14.1. The van der Waals surface area contributed by atoms with Crippen molar-refractivity contribution in [3.05, 3.63) is 71.5 Å². The fraction of sp³-hybridized carbons (Fsp3) is 0.176. The van der Waals surface area contributed by atoms with Gasteiger partial charge in [0.25, 0.3) is 5.91 Å². The lowest BCUT2D eigenvalue weighted by Crippen LogP contribution is -2.88. The van der Waals surface area contributed by atoms with Crippen LogP contribution < -0.4 is 16.4 Å². The highest BCUT2D eigenvalue weighted by Crippen LogP contribution is 2.09. The van der Waals surface area contributed by atoms with Crippen molar-refractivity contribution in [2.75, 3.05) is 6.54 Å². The van der Waals surface area contributed by atoms with E-state index in [4.69, 9.17) is 5.73 Å². The lowest BCUT2D eigenvalue weighted by Gasteiger charge is -2.15. The number of amides is 3. The van der Waals surface area contributed by atoms with E-state index in [1.54, 1.807) is 35.6 Å². The molecule has 6 heteroatoms. The summed E-state index contributed by atoms with van der Waals surface area (Å²) >= 11 is 0. The van der Waals surface area contributed by atoms with Gasteiger partial charge >= 0.3 is 6.03 Å². The van der Waals surface area contributed by atoms with E-state index in [1.165, 1.54) is 6.07 Å². The van der Waals surface area contributed by atoms with Crippen LogP contribution in [0, 0.1) is 5.82 Å². The molecule has 2 aromatic carbocycles. The van der Waals surface area contributed by atoms with Gasteiger partial charge in [0.05, 0.1) is 6.54 Å². The Morgan fingerprint density at radius 2 is 1.74 bits per heavy atom. The first-order valence-corrected chi connectivity index (χ1v) is 7.30. The van der Waals surface area contributed by atoms with E-state index in [0.29, 0.717) is 18.5 Å². The SMILES string of the molecule is NC(=O)NC(=O)[C@@H]([NH2+]CCc1ccccc1F)c1ccccc1. The Kier molecular flexibility index (Phi) is 5.82. The van der Waals surface area contributed by atoms with Crippen molar-refractivity contribution in [3.63, 3.8) is 0 Å². The summed E-state index contributed by atoms with van der Waals surface area (Å²) in [5.41, 5.74) is 6.35. The molecule has 0 bridgehead atoms. The van der Waals surface area contributed by atoms with Gasteiger partial charge in [-0.05, 0) is 11.6 Å². The van der Waals surface area contributed by atoms with Gasteiger partial charge in [-0.3, -0.25) is 10.1 Å². The molecule has 0 aliphatic rings. The lowest BCUT2D eigenvalue weighted by molar-refractivity contribution is -0.682. The summed E-state index contributed by atoms with van der Waals surface area (Å²) in [6.07, 6.45) is 0.472. The van der Waals surface area contributed by atoms with Gasteiger partial charge in [0, 0.05) is 12.0 Å². The van der Waals surface area contributed by atoms with Gasteiger partial charge in [-0.25, -0.2) is 9.18 Å². The lowest BCUT2D eigenvalue weighted by atomic mass is 10.1. The van der Waals surface area contributed by atoms with E-state index in [2.05, 4.69) is 5.32 Å². The van der Waals surface area contributed by atoms with Crippen molar-refractivity contribution in [3.8, 4) is 0 Å². The third-order valence-corrected chi connectivity index (χ3v) is 3.46. The molecule has 3 amide bonds. The van der Waals surface area contributed by atoms with Crippen LogP contribution in [0.5, 0.6) is 0 Å². The first-order chi connectivity index (χ1) is 11.1. The normalized spacial score (nSPS) is 11.7. The zero-order valence-corrected chi connectivity index (χ0v) is 12.5. The summed E-state index contributed by atoms with van der Waals surface area (Å²) < 4.78 is 13.6. The molecule has 0 aliphatic heterocycles. The number of hydrogen-bond acceptors (Lipinski definition) is 2. The molecule has 0 saturated carbocycles. The smallest absolute Gasteiger partial charge is 0.319 e. The van der Waals surface area contributed by atoms with Gasteiger partial charge in [0.15, 0.2) is 6.04 Å². The maximum Gasteiger partial charge on any atom is 0.319 e. The second kappa shape index (κ2) is 8.05. The van der Waals surface area contributed by atoms with Crippen molar-refractivity contribution in [2.24, 2.45) is 5.73 Å². The number of nitrogens with one attached hydrogen (secondary N) is 1. The minimum Gasteiger partial charge on any atom is -0.351 e. The molecule has 0 saturated heterocycles. The summed E-state index contributed by atoms with van der Waals surface area (Å²) in [7, 11) is 0. The van der Waals surface area contributed by atoms with Crippen LogP contribution in [-0.2, 0) is 11.2 Å². The average molecular weight is 316 g/mol. The minimum atomic E-state index is -0.890. The van der Waals surface area contributed by atoms with Crippen molar-refractivity contribution >= 4 is 11.9 Å². The molecule has 23 heavy (non-hydrogen) atoms. The summed E-state index contributed by atoms with van der Waals surface area (Å²) in [5, 5.41) is 3.86. The van der Waals surface area contributed by atoms with Gasteiger partial charge in [-0.2, -0.15) is 0 Å². The molecule has 1 atom stereocenters. The number of benzene rings is 2. The zero-order valence-electron chi connectivity index (χ0n) is 12.5. The maximum absolute atomic E-state index is 13.6. The molecular weight excluding hydrogens is 297 g/mol. The third-order valence-electron chi connectivity index (χ3n) is 3.46. The van der Waals surface area contributed by atoms with Gasteiger partial charge in [0.2, 0.25) is 0 Å². The largest absolute Gasteiger partial charge is 0.351 e. The van der Waals surface area contributed by atoms with E-state index in [9.17, 15) is 14.0 Å². The molecule has 0 aromatic heterocycles. The maximum atomic E-state index is 13.6. The average Bonchev–Trinajstić information content (AvgIpc) is 2.53. The van der Waals surface area contributed by atoms with Crippen molar-refractivity contribution in [1.29, 1.82) is 0 Å². The van der Waals surface area contributed by atoms with Crippen LogP contribution in [0.25, 0.3) is 0 Å². The highest BCUT2D eigenvalue weighted by Gasteiger charge is 2.24. The van der Waals surface area contributed by atoms with E-state index >= 15 is 0 Å². The number of rotatable bonds is 6. The summed E-state index contributed by atoms with van der Waals surface area (Å²) in [4.78, 5) is 23.1. The number of urea groups is 1. The second-order valence-electron chi connectivity index (χ2n) is 5.11. The molecule has 0 aliphatic carbocycles. The molecule has 120 valence electrons. The molecule has 0 heterocycles. The van der Waals surface area contributed by atoms with Crippen LogP contribution in [-0.4, -0.2) is 18.5 Å². The quantitative estimate of drug-likeness (QED) is 0.738. The van der Waals surface area contributed by atoms with Gasteiger partial charge in [-0.1, -0.05) is 48.5 Å². The van der Waals surface area contributed by atoms with Crippen molar-refractivity contribution in [1.82, 2.24) is 5.32 Å². The van der Waals surface area contributed by atoms with Crippen LogP contribution in [0.2, 0.25) is 0 Å². The molecule has 5 N–H and O–H groups in total. The van der Waals surface area contributed by atoms with Crippen LogP contribution in [0.15, 0.2) is 54.6 Å². The molecule has 0 unspecified atom stereocenters. The standard InChI is InChI=1S/C17H18FN3O2/c18-14-9-5-4-6-12(14)10-11-20-15(16(22)21-17(19)23)13-7-2-1-3-8-13/h1-9,15,20H,10-11H2,(H3,19,21,22,23)/p+1/t15-/m0/s1. The van der Waals surface area contributed by atoms with Gasteiger partial charge in [-0.15, -0.1) is 0 Å². The monoisotopic (exact) mass is 316 g/mol. The molecule has 5 nitrogen and oxygen atoms in total. The molecule has 0 spiro atoms. The van der Waals surface area contributed by atoms with E-state index in [-0.39, 0.29) is 5.82 Å². The number of halogens is 1. The van der Waals surface area contributed by atoms with Gasteiger partial charge < -0.3 is 11.1 Å². The number of hydrogen-bond donors (Lipinski definition) is 3. The molecule has 0 fully saturated rings. The van der Waals surface area contributed by atoms with Crippen molar-refractivity contribution < 1.29 is 19.3 Å². The Morgan fingerprint density at radius 3 is 2.39 bits per heavy atom. The predicted molar refractivity (Wildman–Crippen MR) is 83.8 cm³/mol. The van der Waals surface area contributed by atoms with Gasteiger partial charge in [0.1, 0.15) is 5.82 Å². The van der Waals surface area contributed by atoms with Crippen LogP contribution >= 0.6 is 0 Å². The van der Waals surface area contributed by atoms with Crippen LogP contribution in [0.3, 0.4) is 0 Å². The number of nitrogens with two attached hydrogens (primary N) is 2. The van der Waals surface area contributed by atoms with Crippen molar-refractivity contribution in [2.45, 2.75) is 12.5 Å². The number of quaternary nitrogens is 1. The molecule has 2 rings (SSSR count). The minimum absolute atomic E-state index is 0.265. The molecule has 0 radical (unpaired) electrons. The van der Waals surface area contributed by atoms with E-state index < -0.39 is 18.0 Å². The van der Waals surface area contributed by atoms with Crippen LogP contribution in [0.4, 0.5) is 9.18 Å². The fourth-order valence-electron chi connectivity index (χ4n) is 2.36. The Balaban J connectivity index is 2.04. The number of carbonyl (C=O) groups is 2. The Bertz CT molecular complexity index is 677. The Hall–Kier alpha value is -2.73. The predicted octanol–water partition coefficient (Wildman–Crippen LogP) is 0.868. The highest BCUT2D eigenvalue weighted by molar-refractivity contribution is 5.96. The van der Waals surface area contributed by atoms with Crippen LogP contribution in [0.1, 0.15) is 17.2 Å². The van der Waals surface area contributed by atoms with E-state index in [1.807, 2.05) is 18.2 Å². The number of primary amides is 1.